The fraction of sp³-hybridized carbons (Fsp3) is 0.625. The van der Waals surface area contributed by atoms with Crippen molar-refractivity contribution < 1.29 is 14.6 Å². The molecule has 0 aliphatic rings. The van der Waals surface area contributed by atoms with Gasteiger partial charge in [-0.25, -0.2) is 0 Å². The van der Waals surface area contributed by atoms with Gasteiger partial charge < -0.3 is 19.9 Å². The molecule has 0 saturated carbocycles. The van der Waals surface area contributed by atoms with Gasteiger partial charge in [-0.2, -0.15) is 0 Å². The molecule has 114 valence electrons. The predicted octanol–water partition coefficient (Wildman–Crippen LogP) is 2.76. The number of methoxy groups -OCH3 is 2. The fourth-order valence-electron chi connectivity index (χ4n) is 2.28. The molecule has 0 saturated heterocycles. The third-order valence-corrected chi connectivity index (χ3v) is 3.42. The van der Waals surface area contributed by atoms with Crippen molar-refractivity contribution in [3.05, 3.63) is 23.8 Å². The number of hydrogen-bond acceptors (Lipinski definition) is 4. The molecule has 1 rings (SSSR count). The molecule has 2 N–H and O–H groups in total. The largest absolute Gasteiger partial charge is 0.493 e. The maximum absolute atomic E-state index is 9.37. The second-order valence-corrected chi connectivity index (χ2v) is 5.43. The van der Waals surface area contributed by atoms with E-state index in [0.29, 0.717) is 5.92 Å². The first-order valence-electron chi connectivity index (χ1n) is 7.11. The zero-order chi connectivity index (χ0) is 15.1. The van der Waals surface area contributed by atoms with Crippen LogP contribution in [0.2, 0.25) is 0 Å². The first kappa shape index (κ1) is 16.8. The molecule has 4 heteroatoms. The molecular weight excluding hydrogens is 254 g/mol. The molecule has 0 aromatic heterocycles. The molecule has 0 spiro atoms. The van der Waals surface area contributed by atoms with E-state index < -0.39 is 0 Å². The van der Waals surface area contributed by atoms with Crippen molar-refractivity contribution in [3.8, 4) is 11.5 Å². The van der Waals surface area contributed by atoms with Crippen LogP contribution < -0.4 is 14.8 Å². The summed E-state index contributed by atoms with van der Waals surface area (Å²) in [5.74, 6) is 1.93. The Morgan fingerprint density at radius 1 is 1.10 bits per heavy atom. The molecule has 0 fully saturated rings. The lowest BCUT2D eigenvalue weighted by molar-refractivity contribution is 0.162. The molecule has 4 nitrogen and oxygen atoms in total. The zero-order valence-corrected chi connectivity index (χ0v) is 13.1. The van der Waals surface area contributed by atoms with Crippen LogP contribution in [0.25, 0.3) is 0 Å². The average Bonchev–Trinajstić information content (AvgIpc) is 2.43. The van der Waals surface area contributed by atoms with Crippen LogP contribution in [0.1, 0.15) is 38.8 Å². The second-order valence-electron chi connectivity index (χ2n) is 5.43. The van der Waals surface area contributed by atoms with Crippen molar-refractivity contribution in [2.75, 3.05) is 20.8 Å². The maximum atomic E-state index is 9.37. The molecule has 0 aliphatic heterocycles. The molecule has 1 aromatic carbocycles. The van der Waals surface area contributed by atoms with Crippen LogP contribution in [0.5, 0.6) is 11.5 Å². The van der Waals surface area contributed by atoms with E-state index in [1.807, 2.05) is 25.1 Å². The molecule has 1 aromatic rings. The normalized spacial score (nSPS) is 15.5. The van der Waals surface area contributed by atoms with Crippen molar-refractivity contribution in [2.45, 2.75) is 39.3 Å². The van der Waals surface area contributed by atoms with Crippen LogP contribution in [0.3, 0.4) is 0 Å². The minimum atomic E-state index is -0.247. The van der Waals surface area contributed by atoms with Gasteiger partial charge >= 0.3 is 0 Å². The summed E-state index contributed by atoms with van der Waals surface area (Å²) >= 11 is 0. The minimum Gasteiger partial charge on any atom is -0.493 e. The van der Waals surface area contributed by atoms with E-state index >= 15 is 0 Å². The monoisotopic (exact) mass is 281 g/mol. The molecule has 0 radical (unpaired) electrons. The molecule has 20 heavy (non-hydrogen) atoms. The van der Waals surface area contributed by atoms with E-state index in [4.69, 9.17) is 9.47 Å². The molecule has 0 amide bonds. The van der Waals surface area contributed by atoms with Crippen molar-refractivity contribution in [1.29, 1.82) is 0 Å². The van der Waals surface area contributed by atoms with Crippen LogP contribution >= 0.6 is 0 Å². The number of ether oxygens (including phenoxy) is 2. The smallest absolute Gasteiger partial charge is 0.161 e. The Morgan fingerprint density at radius 2 is 1.75 bits per heavy atom. The summed E-state index contributed by atoms with van der Waals surface area (Å²) in [7, 11) is 3.28. The van der Waals surface area contributed by atoms with Gasteiger partial charge in [0.05, 0.1) is 20.3 Å². The summed E-state index contributed by atoms with van der Waals surface area (Å²) in [4.78, 5) is 0. The summed E-state index contributed by atoms with van der Waals surface area (Å²) in [5.41, 5.74) is 1.16. The van der Waals surface area contributed by atoms with Crippen LogP contribution in [0.4, 0.5) is 0 Å². The van der Waals surface area contributed by atoms with E-state index in [1.54, 1.807) is 14.2 Å². The molecule has 3 atom stereocenters. The van der Waals surface area contributed by atoms with Gasteiger partial charge in [-0.15, -0.1) is 0 Å². The highest BCUT2D eigenvalue weighted by Crippen LogP contribution is 2.29. The third kappa shape index (κ3) is 5.02. The van der Waals surface area contributed by atoms with Crippen LogP contribution in [0.15, 0.2) is 18.2 Å². The average molecular weight is 281 g/mol. The van der Waals surface area contributed by atoms with Gasteiger partial charge in [0.1, 0.15) is 0 Å². The second kappa shape index (κ2) is 8.12. The van der Waals surface area contributed by atoms with Gasteiger partial charge in [0.2, 0.25) is 0 Å². The number of hydrogen-bond donors (Lipinski definition) is 2. The highest BCUT2D eigenvalue weighted by molar-refractivity contribution is 5.43. The first-order valence-corrected chi connectivity index (χ1v) is 7.11. The van der Waals surface area contributed by atoms with E-state index in [9.17, 15) is 5.11 Å². The predicted molar refractivity (Wildman–Crippen MR) is 81.4 cm³/mol. The Balaban J connectivity index is 2.61. The first-order chi connectivity index (χ1) is 9.47. The standard InChI is InChI=1S/C16H27NO3/c1-11(8-12(2)18)10-17-13(3)14-6-7-15(19-4)16(9-14)20-5/h6-7,9,11-13,17-18H,8,10H2,1-5H3. The van der Waals surface area contributed by atoms with Crippen LogP contribution in [0, 0.1) is 5.92 Å². The Kier molecular flexibility index (Phi) is 6.82. The number of rotatable bonds is 8. The molecule has 0 aliphatic carbocycles. The Morgan fingerprint density at radius 3 is 2.30 bits per heavy atom. The fourth-order valence-corrected chi connectivity index (χ4v) is 2.28. The molecular formula is C16H27NO3. The molecule has 0 heterocycles. The number of aliphatic hydroxyl groups excluding tert-OH is 1. The Hall–Kier alpha value is -1.26. The summed E-state index contributed by atoms with van der Waals surface area (Å²) in [6, 6.07) is 6.19. The zero-order valence-electron chi connectivity index (χ0n) is 13.1. The number of benzene rings is 1. The van der Waals surface area contributed by atoms with Crippen molar-refractivity contribution in [2.24, 2.45) is 5.92 Å². The number of aliphatic hydroxyl groups is 1. The van der Waals surface area contributed by atoms with Crippen LogP contribution in [-0.2, 0) is 0 Å². The summed E-state index contributed by atoms with van der Waals surface area (Å²) in [6.07, 6.45) is 0.564. The summed E-state index contributed by atoms with van der Waals surface area (Å²) < 4.78 is 10.6. The van der Waals surface area contributed by atoms with E-state index in [2.05, 4.69) is 19.2 Å². The van der Waals surface area contributed by atoms with Gasteiger partial charge in [0.15, 0.2) is 11.5 Å². The van der Waals surface area contributed by atoms with Gasteiger partial charge in [0.25, 0.3) is 0 Å². The van der Waals surface area contributed by atoms with Crippen LogP contribution in [-0.4, -0.2) is 32.0 Å². The van der Waals surface area contributed by atoms with Gasteiger partial charge in [-0.3, -0.25) is 0 Å². The van der Waals surface area contributed by atoms with Crippen molar-refractivity contribution in [3.63, 3.8) is 0 Å². The van der Waals surface area contributed by atoms with E-state index in [-0.39, 0.29) is 12.1 Å². The SMILES string of the molecule is COc1ccc(C(C)NCC(C)CC(C)O)cc1OC. The Labute approximate surface area is 122 Å². The molecule has 3 unspecified atom stereocenters. The third-order valence-electron chi connectivity index (χ3n) is 3.42. The molecule has 0 bridgehead atoms. The Bertz CT molecular complexity index is 407. The topological polar surface area (TPSA) is 50.7 Å². The van der Waals surface area contributed by atoms with Crippen molar-refractivity contribution >= 4 is 0 Å². The van der Waals surface area contributed by atoms with Gasteiger partial charge in [-0.05, 0) is 50.4 Å². The quantitative estimate of drug-likeness (QED) is 0.769. The van der Waals surface area contributed by atoms with E-state index in [1.165, 1.54) is 0 Å². The summed E-state index contributed by atoms with van der Waals surface area (Å²) in [5, 5.41) is 12.9. The highest BCUT2D eigenvalue weighted by atomic mass is 16.5. The number of nitrogens with one attached hydrogen (secondary N) is 1. The van der Waals surface area contributed by atoms with Crippen molar-refractivity contribution in [1.82, 2.24) is 5.32 Å². The minimum absolute atomic E-state index is 0.228. The lowest BCUT2D eigenvalue weighted by atomic mass is 10.0. The van der Waals surface area contributed by atoms with E-state index in [0.717, 1.165) is 30.0 Å². The summed E-state index contributed by atoms with van der Waals surface area (Å²) in [6.45, 7) is 6.96. The lowest BCUT2D eigenvalue weighted by Crippen LogP contribution is -2.26. The van der Waals surface area contributed by atoms with Gasteiger partial charge in [-0.1, -0.05) is 13.0 Å². The lowest BCUT2D eigenvalue weighted by Gasteiger charge is -2.20. The maximum Gasteiger partial charge on any atom is 0.161 e. The van der Waals surface area contributed by atoms with Gasteiger partial charge in [0, 0.05) is 6.04 Å². The highest BCUT2D eigenvalue weighted by Gasteiger charge is 2.12.